The summed E-state index contributed by atoms with van der Waals surface area (Å²) in [5, 5.41) is 0. The van der Waals surface area contributed by atoms with Crippen molar-refractivity contribution in [2.45, 2.75) is 0 Å². The zero-order chi connectivity index (χ0) is 20.1. The minimum atomic E-state index is -0.300. The Morgan fingerprint density at radius 2 is 0.862 bits per heavy atom. The van der Waals surface area contributed by atoms with Gasteiger partial charge in [0.15, 0.2) is 0 Å². The zero-order valence-electron chi connectivity index (χ0n) is 15.6. The number of rotatable bonds is 3. The maximum absolute atomic E-state index is 13.2. The van der Waals surface area contributed by atoms with Crippen molar-refractivity contribution in [3.63, 3.8) is 0 Å². The van der Waals surface area contributed by atoms with E-state index in [1.807, 2.05) is 47.0 Å². The number of para-hydroxylation sites is 1. The van der Waals surface area contributed by atoms with Gasteiger partial charge in [0.25, 0.3) is 11.8 Å². The smallest absolute Gasteiger partial charge is 0.276 e. The van der Waals surface area contributed by atoms with Crippen LogP contribution in [0.15, 0.2) is 116 Å². The molecule has 0 spiro atoms. The van der Waals surface area contributed by atoms with Crippen LogP contribution in [0.5, 0.6) is 0 Å². The number of benzene rings is 3. The Morgan fingerprint density at radius 3 is 1.28 bits per heavy atom. The molecule has 0 saturated heterocycles. The van der Waals surface area contributed by atoms with E-state index < -0.39 is 0 Å². The lowest BCUT2D eigenvalue weighted by molar-refractivity contribution is 0.0845. The van der Waals surface area contributed by atoms with Gasteiger partial charge in [0.1, 0.15) is 0 Å². The fourth-order valence-corrected chi connectivity index (χ4v) is 2.99. The summed E-state index contributed by atoms with van der Waals surface area (Å²) in [5.41, 5.74) is 1.90. The molecule has 4 aromatic rings. The molecule has 0 N–H and O–H groups in total. The predicted molar refractivity (Wildman–Crippen MR) is 112 cm³/mol. The van der Waals surface area contributed by atoms with Crippen LogP contribution in [-0.2, 0) is 0 Å². The van der Waals surface area contributed by atoms with E-state index in [0.717, 1.165) is 5.69 Å². The number of hydrogen-bond acceptors (Lipinski definition) is 2. The van der Waals surface area contributed by atoms with Gasteiger partial charge in [-0.1, -0.05) is 54.6 Å². The first-order valence-corrected chi connectivity index (χ1v) is 9.21. The fraction of sp³-hybridized carbons (Fsp3) is 0. The normalized spacial score (nSPS) is 10.3. The molecule has 5 heteroatoms. The minimum Gasteiger partial charge on any atom is -0.321 e. The molecule has 0 aliphatic rings. The molecule has 29 heavy (non-hydrogen) atoms. The van der Waals surface area contributed by atoms with E-state index in [9.17, 15) is 9.59 Å². The summed E-state index contributed by atoms with van der Waals surface area (Å²) in [6.45, 7) is 0. The van der Waals surface area contributed by atoms with Crippen molar-refractivity contribution in [1.82, 2.24) is 13.9 Å². The van der Waals surface area contributed by atoms with Crippen molar-refractivity contribution < 1.29 is 9.59 Å². The van der Waals surface area contributed by atoms with Crippen LogP contribution < -0.4 is 0 Å². The third-order valence-electron chi connectivity index (χ3n) is 4.48. The Kier molecular flexibility index (Phi) is 5.21. The summed E-state index contributed by atoms with van der Waals surface area (Å²) in [7, 11) is 0. The highest BCUT2D eigenvalue weighted by Gasteiger charge is 2.15. The lowest BCUT2D eigenvalue weighted by Crippen LogP contribution is -2.27. The molecule has 5 nitrogen and oxygen atoms in total. The number of hydrogen-bond donors (Lipinski definition) is 0. The monoisotopic (exact) mass is 381 g/mol. The molecule has 0 bridgehead atoms. The van der Waals surface area contributed by atoms with Crippen molar-refractivity contribution in [3.8, 4) is 5.69 Å². The van der Waals surface area contributed by atoms with Gasteiger partial charge in [-0.05, 0) is 36.4 Å². The molecule has 1 heterocycles. The second-order valence-electron chi connectivity index (χ2n) is 6.37. The largest absolute Gasteiger partial charge is 0.321 e. The number of carbonyl (C=O) groups is 2. The summed E-state index contributed by atoms with van der Waals surface area (Å²) in [5.74, 6) is -0.601. The van der Waals surface area contributed by atoms with Crippen LogP contribution in [0.25, 0.3) is 5.69 Å². The van der Waals surface area contributed by atoms with Crippen molar-refractivity contribution in [1.29, 1.82) is 0 Å². The first kappa shape index (κ1) is 18.3. The van der Waals surface area contributed by atoms with Gasteiger partial charge in [-0.25, -0.2) is 9.36 Å². The summed E-state index contributed by atoms with van der Waals surface area (Å²) >= 11 is 0. The highest BCUT2D eigenvalue weighted by molar-refractivity contribution is 6.00. The van der Waals surface area contributed by atoms with Crippen LogP contribution in [0.4, 0.5) is 0 Å². The Bertz CT molecular complexity index is 1090. The molecule has 0 atom stereocenters. The second kappa shape index (κ2) is 8.27. The second-order valence-corrected chi connectivity index (χ2v) is 6.37. The van der Waals surface area contributed by atoms with E-state index >= 15 is 0 Å². The number of carbonyl (C=O) groups excluding carboxylic acids is 2. The summed E-state index contributed by atoms with van der Waals surface area (Å²) < 4.78 is 4.50. The first-order chi connectivity index (χ1) is 14.2. The van der Waals surface area contributed by atoms with Crippen LogP contribution in [0.2, 0.25) is 0 Å². The molecular weight excluding hydrogens is 362 g/mol. The van der Waals surface area contributed by atoms with E-state index in [-0.39, 0.29) is 11.8 Å². The zero-order valence-corrected chi connectivity index (χ0v) is 15.6. The van der Waals surface area contributed by atoms with Gasteiger partial charge in [-0.15, -0.1) is 0 Å². The highest BCUT2D eigenvalue weighted by Crippen LogP contribution is 2.09. The Balaban J connectivity index is 1.88. The minimum absolute atomic E-state index is 0.300. The van der Waals surface area contributed by atoms with Crippen LogP contribution >= 0.6 is 0 Å². The van der Waals surface area contributed by atoms with Gasteiger partial charge in [0.2, 0.25) is 0 Å². The highest BCUT2D eigenvalue weighted by atomic mass is 16.2. The molecule has 1 aromatic heterocycles. The van der Waals surface area contributed by atoms with Crippen LogP contribution in [0.1, 0.15) is 20.7 Å². The quantitative estimate of drug-likeness (QED) is 0.521. The summed E-state index contributed by atoms with van der Waals surface area (Å²) in [4.78, 5) is 26.3. The maximum Gasteiger partial charge on any atom is 0.276 e. The van der Waals surface area contributed by atoms with Crippen LogP contribution in [0.3, 0.4) is 0 Å². The number of aromatic nitrogens is 3. The average Bonchev–Trinajstić information content (AvgIpc) is 3.03. The Hall–Kier alpha value is -4.12. The SMILES string of the molecule is O=C(c1ccccc1)n1ccn(-c2ccccc2)ccn1C(=O)c1ccccc1. The third-order valence-corrected chi connectivity index (χ3v) is 4.48. The molecule has 4 rings (SSSR count). The Morgan fingerprint density at radius 1 is 0.483 bits per heavy atom. The van der Waals surface area contributed by atoms with Crippen LogP contribution in [0, 0.1) is 0 Å². The maximum atomic E-state index is 13.2. The summed E-state index contributed by atoms with van der Waals surface area (Å²) in [6.07, 6.45) is 6.71. The molecular formula is C24H19N3O2. The first-order valence-electron chi connectivity index (χ1n) is 9.21. The lowest BCUT2D eigenvalue weighted by atomic mass is 10.2. The predicted octanol–water partition coefficient (Wildman–Crippen LogP) is 4.58. The molecule has 0 saturated carbocycles. The Labute approximate surface area is 168 Å². The van der Waals surface area contributed by atoms with Gasteiger partial charge in [-0.2, -0.15) is 0 Å². The molecule has 3 aromatic carbocycles. The van der Waals surface area contributed by atoms with Gasteiger partial charge in [0.05, 0.1) is 0 Å². The molecule has 0 aliphatic heterocycles. The lowest BCUT2D eigenvalue weighted by Gasteiger charge is -2.12. The average molecular weight is 381 g/mol. The standard InChI is InChI=1S/C24H19N3O2/c28-23(20-10-4-1-5-11-20)26-18-16-25(22-14-8-3-9-15-22)17-19-27(26)24(29)21-12-6-2-7-13-21/h1-19H. The van der Waals surface area contributed by atoms with Crippen molar-refractivity contribution in [3.05, 3.63) is 127 Å². The third kappa shape index (κ3) is 3.94. The molecule has 0 amide bonds. The summed E-state index contributed by atoms with van der Waals surface area (Å²) in [6, 6.07) is 27.5. The van der Waals surface area contributed by atoms with Crippen LogP contribution in [-0.4, -0.2) is 25.7 Å². The van der Waals surface area contributed by atoms with Crippen molar-refractivity contribution in [2.75, 3.05) is 0 Å². The van der Waals surface area contributed by atoms with Crippen molar-refractivity contribution in [2.24, 2.45) is 0 Å². The molecule has 0 radical (unpaired) electrons. The van der Waals surface area contributed by atoms with E-state index in [2.05, 4.69) is 0 Å². The number of nitrogens with zero attached hydrogens (tertiary/aromatic N) is 3. The molecule has 142 valence electrons. The molecule has 0 fully saturated rings. The van der Waals surface area contributed by atoms with E-state index in [0.29, 0.717) is 11.1 Å². The van der Waals surface area contributed by atoms with Gasteiger partial charge >= 0.3 is 0 Å². The van der Waals surface area contributed by atoms with Crippen molar-refractivity contribution >= 4 is 11.8 Å². The van der Waals surface area contributed by atoms with Gasteiger partial charge < -0.3 is 4.57 Å². The molecule has 0 aliphatic carbocycles. The fourth-order valence-electron chi connectivity index (χ4n) is 2.99. The van der Waals surface area contributed by atoms with E-state index in [1.165, 1.54) is 9.36 Å². The van der Waals surface area contributed by atoms with Gasteiger partial charge in [0, 0.05) is 41.6 Å². The van der Waals surface area contributed by atoms with E-state index in [4.69, 9.17) is 0 Å². The molecule has 0 unspecified atom stereocenters. The topological polar surface area (TPSA) is 48.9 Å². The van der Waals surface area contributed by atoms with E-state index in [1.54, 1.807) is 73.3 Å². The van der Waals surface area contributed by atoms with Gasteiger partial charge in [-0.3, -0.25) is 9.59 Å².